The van der Waals surface area contributed by atoms with Crippen LogP contribution in [0, 0.1) is 0 Å². The second-order valence-electron chi connectivity index (χ2n) is 11.6. The Balaban J connectivity index is 1.57. The first-order valence-corrected chi connectivity index (χ1v) is 14.3. The van der Waals surface area contributed by atoms with Crippen LogP contribution in [0.15, 0.2) is 115 Å². The van der Waals surface area contributed by atoms with Gasteiger partial charge in [0.05, 0.1) is 14.2 Å². The number of rotatable bonds is 7. The fraction of sp³-hybridized carbons (Fsp3) is 0.211. The number of hydrogen-bond acceptors (Lipinski definition) is 3. The first-order chi connectivity index (χ1) is 19.9. The van der Waals surface area contributed by atoms with E-state index in [0.29, 0.717) is 5.92 Å². The first kappa shape index (κ1) is 26.7. The summed E-state index contributed by atoms with van der Waals surface area (Å²) in [5.41, 5.74) is 10.7. The van der Waals surface area contributed by atoms with E-state index in [1.165, 1.54) is 11.1 Å². The molecule has 0 spiro atoms. The van der Waals surface area contributed by atoms with E-state index in [4.69, 9.17) is 9.47 Å². The molecule has 0 aromatic heterocycles. The molecule has 5 aromatic carbocycles. The van der Waals surface area contributed by atoms with Crippen LogP contribution in [0.3, 0.4) is 0 Å². The van der Waals surface area contributed by atoms with Crippen LogP contribution in [0.25, 0.3) is 22.3 Å². The maximum atomic E-state index is 5.82. The van der Waals surface area contributed by atoms with Gasteiger partial charge in [0, 0.05) is 28.2 Å². The third kappa shape index (κ3) is 4.97. The van der Waals surface area contributed by atoms with Gasteiger partial charge < -0.3 is 14.4 Å². The standard InChI is InChI=1S/C38H37NO2/c1-26-25-38(2,3)35-19-16-29(22-32(26)35)39(30-17-20-36(40-4)33(23-30)27-12-8-6-9-13-27)31-18-21-37(41-5)34(24-31)28-14-10-7-11-15-28/h6-24,26H,25H2,1-5H3. The molecule has 1 atom stereocenters. The Morgan fingerprint density at radius 2 is 1.07 bits per heavy atom. The highest BCUT2D eigenvalue weighted by Gasteiger charge is 2.35. The second kappa shape index (κ2) is 10.8. The van der Waals surface area contributed by atoms with Gasteiger partial charge in [-0.05, 0) is 88.5 Å². The van der Waals surface area contributed by atoms with Gasteiger partial charge in [-0.15, -0.1) is 0 Å². The molecule has 206 valence electrons. The first-order valence-electron chi connectivity index (χ1n) is 14.3. The highest BCUT2D eigenvalue weighted by Crippen LogP contribution is 2.49. The van der Waals surface area contributed by atoms with Gasteiger partial charge in [-0.2, -0.15) is 0 Å². The Bertz CT molecular complexity index is 1580. The molecule has 6 rings (SSSR count). The molecule has 1 aliphatic rings. The van der Waals surface area contributed by atoms with Gasteiger partial charge in [-0.25, -0.2) is 0 Å². The Kier molecular flexibility index (Phi) is 7.05. The summed E-state index contributed by atoms with van der Waals surface area (Å²) in [6, 6.07) is 40.8. The maximum absolute atomic E-state index is 5.82. The van der Waals surface area contributed by atoms with Crippen molar-refractivity contribution < 1.29 is 9.47 Å². The third-order valence-electron chi connectivity index (χ3n) is 8.42. The fourth-order valence-electron chi connectivity index (χ4n) is 6.50. The highest BCUT2D eigenvalue weighted by molar-refractivity contribution is 5.85. The van der Waals surface area contributed by atoms with Crippen molar-refractivity contribution in [2.75, 3.05) is 19.1 Å². The minimum Gasteiger partial charge on any atom is -0.496 e. The molecular weight excluding hydrogens is 502 g/mol. The molecule has 0 radical (unpaired) electrons. The molecule has 1 unspecified atom stereocenters. The lowest BCUT2D eigenvalue weighted by molar-refractivity contribution is 0.416. The predicted octanol–water partition coefficient (Wildman–Crippen LogP) is 10.3. The van der Waals surface area contributed by atoms with Crippen molar-refractivity contribution in [2.24, 2.45) is 0 Å². The molecule has 0 bridgehead atoms. The lowest BCUT2D eigenvalue weighted by atomic mass is 9.86. The number of hydrogen-bond donors (Lipinski definition) is 0. The molecule has 3 nitrogen and oxygen atoms in total. The molecule has 1 aliphatic carbocycles. The van der Waals surface area contributed by atoms with Crippen molar-refractivity contribution in [3.05, 3.63) is 126 Å². The molecule has 0 amide bonds. The van der Waals surface area contributed by atoms with Crippen molar-refractivity contribution in [3.63, 3.8) is 0 Å². The van der Waals surface area contributed by atoms with Crippen LogP contribution < -0.4 is 14.4 Å². The van der Waals surface area contributed by atoms with Crippen LogP contribution in [0.1, 0.15) is 44.2 Å². The van der Waals surface area contributed by atoms with Crippen molar-refractivity contribution in [2.45, 2.75) is 38.5 Å². The summed E-state index contributed by atoms with van der Waals surface area (Å²) in [6.45, 7) is 7.07. The Hall–Kier alpha value is -4.50. The van der Waals surface area contributed by atoms with Crippen LogP contribution in [-0.2, 0) is 5.41 Å². The third-order valence-corrected chi connectivity index (χ3v) is 8.42. The smallest absolute Gasteiger partial charge is 0.126 e. The molecule has 5 aromatic rings. The molecule has 0 N–H and O–H groups in total. The molecule has 0 saturated heterocycles. The lowest BCUT2D eigenvalue weighted by Gasteiger charge is -2.28. The van der Waals surface area contributed by atoms with Crippen LogP contribution in [0.5, 0.6) is 11.5 Å². The van der Waals surface area contributed by atoms with E-state index in [-0.39, 0.29) is 5.41 Å². The van der Waals surface area contributed by atoms with Crippen LogP contribution in [0.2, 0.25) is 0 Å². The lowest BCUT2D eigenvalue weighted by Crippen LogP contribution is -2.13. The normalized spacial score (nSPS) is 15.3. The molecule has 0 saturated carbocycles. The Morgan fingerprint density at radius 3 is 1.56 bits per heavy atom. The zero-order valence-electron chi connectivity index (χ0n) is 24.5. The summed E-state index contributed by atoms with van der Waals surface area (Å²) in [5, 5.41) is 0. The van der Waals surface area contributed by atoms with Gasteiger partial charge >= 0.3 is 0 Å². The monoisotopic (exact) mass is 539 g/mol. The number of fused-ring (bicyclic) bond motifs is 1. The quantitative estimate of drug-likeness (QED) is 0.205. The number of nitrogens with zero attached hydrogens (tertiary/aromatic N) is 1. The minimum atomic E-state index is 0.180. The van der Waals surface area contributed by atoms with Crippen LogP contribution in [0.4, 0.5) is 17.1 Å². The average Bonchev–Trinajstić information content (AvgIpc) is 3.25. The topological polar surface area (TPSA) is 21.7 Å². The molecule has 0 aliphatic heterocycles. The number of ether oxygens (including phenoxy) is 2. The molecule has 0 fully saturated rings. The molecule has 0 heterocycles. The van der Waals surface area contributed by atoms with E-state index in [2.05, 4.69) is 129 Å². The molecule has 41 heavy (non-hydrogen) atoms. The summed E-state index contributed by atoms with van der Waals surface area (Å²) in [5.74, 6) is 2.21. The van der Waals surface area contributed by atoms with Gasteiger partial charge in [0.25, 0.3) is 0 Å². The minimum absolute atomic E-state index is 0.180. The Labute approximate surface area is 244 Å². The largest absolute Gasteiger partial charge is 0.496 e. The van der Waals surface area contributed by atoms with E-state index in [1.54, 1.807) is 14.2 Å². The summed E-state index contributed by atoms with van der Waals surface area (Å²) in [4.78, 5) is 2.36. The predicted molar refractivity (Wildman–Crippen MR) is 171 cm³/mol. The van der Waals surface area contributed by atoms with Crippen LogP contribution >= 0.6 is 0 Å². The SMILES string of the molecule is COc1ccc(N(c2ccc(OC)c(-c3ccccc3)c2)c2ccc3c(c2)C(C)CC3(C)C)cc1-c1ccccc1. The number of methoxy groups -OCH3 is 2. The van der Waals surface area contributed by atoms with Crippen LogP contribution in [-0.4, -0.2) is 14.2 Å². The van der Waals surface area contributed by atoms with Crippen molar-refractivity contribution >= 4 is 17.1 Å². The zero-order chi connectivity index (χ0) is 28.6. The van der Waals surface area contributed by atoms with E-state index in [1.807, 2.05) is 12.1 Å². The van der Waals surface area contributed by atoms with E-state index in [9.17, 15) is 0 Å². The van der Waals surface area contributed by atoms with E-state index >= 15 is 0 Å². The average molecular weight is 540 g/mol. The maximum Gasteiger partial charge on any atom is 0.126 e. The Morgan fingerprint density at radius 1 is 0.610 bits per heavy atom. The van der Waals surface area contributed by atoms with Gasteiger partial charge in [0.15, 0.2) is 0 Å². The summed E-state index contributed by atoms with van der Waals surface area (Å²) < 4.78 is 11.6. The zero-order valence-corrected chi connectivity index (χ0v) is 24.5. The van der Waals surface area contributed by atoms with Gasteiger partial charge in [-0.1, -0.05) is 87.5 Å². The van der Waals surface area contributed by atoms with E-state index in [0.717, 1.165) is 57.2 Å². The van der Waals surface area contributed by atoms with Gasteiger partial charge in [0.1, 0.15) is 11.5 Å². The summed E-state index contributed by atoms with van der Waals surface area (Å²) >= 11 is 0. The summed E-state index contributed by atoms with van der Waals surface area (Å²) in [6.07, 6.45) is 1.16. The second-order valence-corrected chi connectivity index (χ2v) is 11.6. The number of benzene rings is 5. The highest BCUT2D eigenvalue weighted by atomic mass is 16.5. The van der Waals surface area contributed by atoms with Crippen molar-refractivity contribution in [1.29, 1.82) is 0 Å². The van der Waals surface area contributed by atoms with Crippen molar-refractivity contribution in [3.8, 4) is 33.8 Å². The van der Waals surface area contributed by atoms with E-state index < -0.39 is 0 Å². The molecular formula is C38H37NO2. The fourth-order valence-corrected chi connectivity index (χ4v) is 6.50. The number of anilines is 3. The van der Waals surface area contributed by atoms with Crippen molar-refractivity contribution in [1.82, 2.24) is 0 Å². The van der Waals surface area contributed by atoms with Gasteiger partial charge in [-0.3, -0.25) is 0 Å². The van der Waals surface area contributed by atoms with Gasteiger partial charge in [0.2, 0.25) is 0 Å². The molecule has 3 heteroatoms. The summed E-state index contributed by atoms with van der Waals surface area (Å²) in [7, 11) is 3.47.